The number of rotatable bonds is 2. The zero-order chi connectivity index (χ0) is 16.4. The molecule has 2 aliphatic rings. The van der Waals surface area contributed by atoms with Crippen molar-refractivity contribution in [2.75, 3.05) is 26.2 Å². The van der Waals surface area contributed by atoms with Crippen molar-refractivity contribution in [3.05, 3.63) is 35.4 Å². The van der Waals surface area contributed by atoms with Gasteiger partial charge in [0.15, 0.2) is 0 Å². The van der Waals surface area contributed by atoms with Gasteiger partial charge in [-0.15, -0.1) is 0 Å². The van der Waals surface area contributed by atoms with Crippen LogP contribution >= 0.6 is 0 Å². The summed E-state index contributed by atoms with van der Waals surface area (Å²) in [5.74, 6) is -0.0786. The number of nitrogens with one attached hydrogen (secondary N) is 1. The maximum atomic E-state index is 12.5. The highest BCUT2D eigenvalue weighted by Crippen LogP contribution is 2.14. The van der Waals surface area contributed by atoms with Gasteiger partial charge in [-0.05, 0) is 25.5 Å². The molecule has 0 saturated carbocycles. The Balaban J connectivity index is 1.57. The van der Waals surface area contributed by atoms with Gasteiger partial charge in [-0.2, -0.15) is 0 Å². The molecule has 0 bridgehead atoms. The molecule has 6 nitrogen and oxygen atoms in total. The Bertz CT molecular complexity index is 636. The number of benzene rings is 1. The number of hydrogen-bond acceptors (Lipinski definition) is 3. The molecule has 1 N–H and O–H groups in total. The molecular formula is C17H21N3O3. The number of hydrogen-bond donors (Lipinski definition) is 1. The van der Waals surface area contributed by atoms with E-state index in [-0.39, 0.29) is 23.8 Å². The Hall–Kier alpha value is -2.37. The molecule has 1 atom stereocenters. The average molecular weight is 315 g/mol. The van der Waals surface area contributed by atoms with Crippen molar-refractivity contribution in [3.63, 3.8) is 0 Å². The normalized spacial score (nSPS) is 21.3. The summed E-state index contributed by atoms with van der Waals surface area (Å²) >= 11 is 0. The maximum Gasteiger partial charge on any atom is 0.253 e. The number of piperazine rings is 1. The van der Waals surface area contributed by atoms with Gasteiger partial charge in [0.2, 0.25) is 11.8 Å². The lowest BCUT2D eigenvalue weighted by atomic mass is 10.1. The van der Waals surface area contributed by atoms with Crippen molar-refractivity contribution < 1.29 is 14.4 Å². The van der Waals surface area contributed by atoms with Gasteiger partial charge in [0, 0.05) is 38.2 Å². The first kappa shape index (κ1) is 15.5. The molecule has 1 aromatic rings. The van der Waals surface area contributed by atoms with Crippen molar-refractivity contribution in [3.8, 4) is 0 Å². The highest BCUT2D eigenvalue weighted by molar-refractivity contribution is 5.95. The topological polar surface area (TPSA) is 69.7 Å². The van der Waals surface area contributed by atoms with Crippen LogP contribution in [0.1, 0.15) is 28.8 Å². The minimum atomic E-state index is -0.387. The zero-order valence-corrected chi connectivity index (χ0v) is 13.2. The van der Waals surface area contributed by atoms with Crippen molar-refractivity contribution in [1.29, 1.82) is 0 Å². The molecule has 2 aliphatic heterocycles. The fourth-order valence-corrected chi connectivity index (χ4v) is 3.11. The lowest BCUT2D eigenvalue weighted by Crippen LogP contribution is -2.54. The molecule has 6 heteroatoms. The Morgan fingerprint density at radius 1 is 1.13 bits per heavy atom. The van der Waals surface area contributed by atoms with Crippen LogP contribution in [0.4, 0.5) is 0 Å². The number of aryl methyl sites for hydroxylation is 1. The summed E-state index contributed by atoms with van der Waals surface area (Å²) in [6.45, 7) is 4.05. The Labute approximate surface area is 135 Å². The molecule has 0 aliphatic carbocycles. The average Bonchev–Trinajstić information content (AvgIpc) is 3.00. The van der Waals surface area contributed by atoms with E-state index in [1.807, 2.05) is 31.2 Å². The first-order chi connectivity index (χ1) is 11.0. The summed E-state index contributed by atoms with van der Waals surface area (Å²) < 4.78 is 0. The number of amides is 3. The SMILES string of the molecule is Cc1cccc(C(=O)N2CCN(C(=O)C3CCC(=O)N3)CC2)c1. The minimum absolute atomic E-state index is 0.00923. The molecule has 0 aromatic heterocycles. The molecule has 1 aromatic carbocycles. The van der Waals surface area contributed by atoms with Crippen LogP contribution in [0.15, 0.2) is 24.3 Å². The molecule has 23 heavy (non-hydrogen) atoms. The second-order valence-corrected chi connectivity index (χ2v) is 6.15. The van der Waals surface area contributed by atoms with Crippen molar-refractivity contribution in [2.24, 2.45) is 0 Å². The Kier molecular flexibility index (Phi) is 4.32. The van der Waals surface area contributed by atoms with E-state index < -0.39 is 0 Å². The predicted molar refractivity (Wildman–Crippen MR) is 84.8 cm³/mol. The number of carbonyl (C=O) groups is 3. The van der Waals surface area contributed by atoms with Gasteiger partial charge in [0.05, 0.1) is 0 Å². The Morgan fingerprint density at radius 3 is 2.43 bits per heavy atom. The highest BCUT2D eigenvalue weighted by Gasteiger charge is 2.33. The predicted octanol–water partition coefficient (Wildman–Crippen LogP) is 0.558. The summed E-state index contributed by atoms with van der Waals surface area (Å²) in [6, 6.07) is 7.16. The smallest absolute Gasteiger partial charge is 0.253 e. The monoisotopic (exact) mass is 315 g/mol. The van der Waals surface area contributed by atoms with Crippen molar-refractivity contribution >= 4 is 17.7 Å². The maximum absolute atomic E-state index is 12.5. The fourth-order valence-electron chi connectivity index (χ4n) is 3.11. The third kappa shape index (κ3) is 3.36. The van der Waals surface area contributed by atoms with Crippen molar-refractivity contribution in [1.82, 2.24) is 15.1 Å². The van der Waals surface area contributed by atoms with Crippen LogP contribution in [-0.4, -0.2) is 59.7 Å². The van der Waals surface area contributed by atoms with Gasteiger partial charge in [0.25, 0.3) is 5.91 Å². The van der Waals surface area contributed by atoms with Gasteiger partial charge >= 0.3 is 0 Å². The molecule has 2 heterocycles. The van der Waals surface area contributed by atoms with Gasteiger partial charge < -0.3 is 15.1 Å². The lowest BCUT2D eigenvalue weighted by Gasteiger charge is -2.36. The number of carbonyl (C=O) groups excluding carboxylic acids is 3. The van der Waals surface area contributed by atoms with Crippen LogP contribution < -0.4 is 5.32 Å². The van der Waals surface area contributed by atoms with Crippen molar-refractivity contribution in [2.45, 2.75) is 25.8 Å². The third-order valence-corrected chi connectivity index (χ3v) is 4.44. The molecule has 3 rings (SSSR count). The molecule has 0 radical (unpaired) electrons. The second kappa shape index (κ2) is 6.40. The molecule has 122 valence electrons. The van der Waals surface area contributed by atoms with Crippen LogP contribution in [0, 0.1) is 6.92 Å². The first-order valence-electron chi connectivity index (χ1n) is 7.99. The van der Waals surface area contributed by atoms with E-state index in [0.717, 1.165) is 5.56 Å². The highest BCUT2D eigenvalue weighted by atomic mass is 16.2. The second-order valence-electron chi connectivity index (χ2n) is 6.15. The summed E-state index contributed by atoms with van der Waals surface area (Å²) in [4.78, 5) is 39.6. The molecule has 2 fully saturated rings. The van der Waals surface area contributed by atoms with E-state index >= 15 is 0 Å². The summed E-state index contributed by atoms with van der Waals surface area (Å²) in [7, 11) is 0. The van der Waals surface area contributed by atoms with E-state index in [0.29, 0.717) is 44.6 Å². The standard InChI is InChI=1S/C17H21N3O3/c1-12-3-2-4-13(11-12)16(22)19-7-9-20(10-8-19)17(23)14-5-6-15(21)18-14/h2-4,11,14H,5-10H2,1H3,(H,18,21). The van der Waals surface area contributed by atoms with Crippen LogP contribution in [0.25, 0.3) is 0 Å². The number of nitrogens with zero attached hydrogens (tertiary/aromatic N) is 2. The minimum Gasteiger partial charge on any atom is -0.344 e. The van der Waals surface area contributed by atoms with Gasteiger partial charge in [-0.3, -0.25) is 14.4 Å². The summed E-state index contributed by atoms with van der Waals surface area (Å²) in [6.07, 6.45) is 0.988. The third-order valence-electron chi connectivity index (χ3n) is 4.44. The zero-order valence-electron chi connectivity index (χ0n) is 13.2. The van der Waals surface area contributed by atoms with E-state index in [9.17, 15) is 14.4 Å². The van der Waals surface area contributed by atoms with E-state index in [4.69, 9.17) is 0 Å². The molecule has 1 unspecified atom stereocenters. The lowest BCUT2D eigenvalue weighted by molar-refractivity contribution is -0.135. The van der Waals surface area contributed by atoms with Gasteiger partial charge in [-0.1, -0.05) is 17.7 Å². The quantitative estimate of drug-likeness (QED) is 0.867. The molecular weight excluding hydrogens is 294 g/mol. The molecule has 2 saturated heterocycles. The van der Waals surface area contributed by atoms with E-state index in [2.05, 4.69) is 5.32 Å². The first-order valence-corrected chi connectivity index (χ1v) is 7.99. The van der Waals surface area contributed by atoms with Crippen LogP contribution in [0.3, 0.4) is 0 Å². The largest absolute Gasteiger partial charge is 0.344 e. The van der Waals surface area contributed by atoms with Gasteiger partial charge in [-0.25, -0.2) is 0 Å². The van der Waals surface area contributed by atoms with E-state index in [1.54, 1.807) is 9.80 Å². The van der Waals surface area contributed by atoms with E-state index in [1.165, 1.54) is 0 Å². The van der Waals surface area contributed by atoms with Gasteiger partial charge in [0.1, 0.15) is 6.04 Å². The molecule has 0 spiro atoms. The Morgan fingerprint density at radius 2 is 1.83 bits per heavy atom. The van der Waals surface area contributed by atoms with Crippen LogP contribution in [0.2, 0.25) is 0 Å². The molecule has 3 amide bonds. The van der Waals surface area contributed by atoms with Crippen LogP contribution in [0.5, 0.6) is 0 Å². The summed E-state index contributed by atoms with van der Waals surface area (Å²) in [5.41, 5.74) is 1.74. The fraction of sp³-hybridized carbons (Fsp3) is 0.471. The van der Waals surface area contributed by atoms with Crippen LogP contribution in [-0.2, 0) is 9.59 Å². The summed E-state index contributed by atoms with van der Waals surface area (Å²) in [5, 5.41) is 2.71.